The van der Waals surface area contributed by atoms with Crippen molar-refractivity contribution in [1.29, 1.82) is 0 Å². The average molecular weight is 837 g/mol. The molecule has 0 bridgehead atoms. The zero-order valence-corrected chi connectivity index (χ0v) is 33.5. The zero-order chi connectivity index (χ0) is 43.5. The molecule has 5 aromatic carbocycles. The minimum atomic E-state index is -5.08. The molecule has 2 fully saturated rings. The summed E-state index contributed by atoms with van der Waals surface area (Å²) in [5, 5.41) is 20.3. The number of hydrogen-bond acceptors (Lipinski definition) is 9. The number of alkyl halides is 3. The molecule has 0 radical (unpaired) electrons. The Kier molecular flexibility index (Phi) is 10.00. The van der Waals surface area contributed by atoms with Crippen molar-refractivity contribution in [3.8, 4) is 11.5 Å². The number of amides is 2. The van der Waals surface area contributed by atoms with E-state index in [-0.39, 0.29) is 24.0 Å². The monoisotopic (exact) mass is 836 g/mol. The number of nitrogens with zero attached hydrogens (tertiary/aromatic N) is 4. The van der Waals surface area contributed by atoms with E-state index >= 15 is 9.59 Å². The van der Waals surface area contributed by atoms with Crippen molar-refractivity contribution >= 4 is 51.7 Å². The first-order chi connectivity index (χ1) is 29.8. The summed E-state index contributed by atoms with van der Waals surface area (Å²) >= 11 is 0. The Morgan fingerprint density at radius 2 is 1.40 bits per heavy atom. The van der Waals surface area contributed by atoms with E-state index in [1.54, 1.807) is 91.0 Å². The lowest BCUT2D eigenvalue weighted by Gasteiger charge is -2.55. The number of Topliss-reactive ketones (excluding diaryl/α,β-unsaturated/α-hetero) is 1. The van der Waals surface area contributed by atoms with Crippen LogP contribution >= 0.6 is 0 Å². The highest BCUT2D eigenvalue weighted by molar-refractivity contribution is 6.32. The molecule has 4 aliphatic rings. The number of phenolic OH excluding ortho intramolecular Hbond substituents is 1. The second-order valence-electron chi connectivity index (χ2n) is 16.2. The number of rotatable bonds is 8. The van der Waals surface area contributed by atoms with Gasteiger partial charge in [0.2, 0.25) is 11.8 Å². The van der Waals surface area contributed by atoms with Crippen molar-refractivity contribution in [2.45, 2.75) is 30.5 Å². The predicted molar refractivity (Wildman–Crippen MR) is 225 cm³/mol. The van der Waals surface area contributed by atoms with E-state index in [1.165, 1.54) is 6.08 Å². The summed E-state index contributed by atoms with van der Waals surface area (Å²) in [4.78, 5) is 62.7. The van der Waals surface area contributed by atoms with Crippen LogP contribution in [0, 0.1) is 23.7 Å². The quantitative estimate of drug-likeness (QED) is 0.0936. The SMILES string of the molecule is CN(C)c1ccc(N=Nc2ccc(N3C(=O)C4CC=C5C(CC6C(=O)C(c7ccccc7)=CC(=O)C6(c6ccccc6)C5c5cc(OC(F)(F)F)ccc5O)C4C3=O)cc2)cc1. The average Bonchev–Trinajstić information content (AvgIpc) is 3.53. The molecule has 312 valence electrons. The molecule has 1 aliphatic heterocycles. The van der Waals surface area contributed by atoms with E-state index in [0.717, 1.165) is 28.8 Å². The lowest BCUT2D eigenvalue weighted by Crippen LogP contribution is -2.58. The molecule has 6 unspecified atom stereocenters. The van der Waals surface area contributed by atoms with E-state index in [4.69, 9.17) is 0 Å². The van der Waals surface area contributed by atoms with Gasteiger partial charge in [-0.1, -0.05) is 72.3 Å². The Balaban J connectivity index is 1.14. The highest BCUT2D eigenvalue weighted by Crippen LogP contribution is 2.64. The van der Waals surface area contributed by atoms with Crippen molar-refractivity contribution in [3.05, 3.63) is 162 Å². The number of halogens is 3. The number of hydrogen-bond donors (Lipinski definition) is 1. The van der Waals surface area contributed by atoms with Gasteiger partial charge in [0.1, 0.15) is 11.5 Å². The molecule has 2 amide bonds. The molecule has 3 aliphatic carbocycles. The van der Waals surface area contributed by atoms with Gasteiger partial charge in [0.25, 0.3) is 0 Å². The fourth-order valence-corrected chi connectivity index (χ4v) is 10.0. The summed E-state index contributed by atoms with van der Waals surface area (Å²) in [5.41, 5.74) is 2.12. The van der Waals surface area contributed by atoms with Crippen LogP contribution in [-0.4, -0.2) is 48.9 Å². The standard InChI is InChI=1S/C49H39F3N4O6/c1-55(2)32-17-13-30(14-18-32)53-54-31-15-19-33(20-16-31)56-46(60)36-23-22-35-38(43(36)47(56)61)26-40-45(59)37(28-9-5-3-6-10-28)27-42(58)48(40,29-11-7-4-8-12-29)44(35)39-25-34(21-24-41(39)57)62-49(50,51)52/h3-22,24-25,27,36,38,40,43-44,57H,23,26H2,1-2H3. The number of azo groups is 1. The molecule has 13 heteroatoms. The van der Waals surface area contributed by atoms with Crippen LogP contribution in [0.25, 0.3) is 5.57 Å². The largest absolute Gasteiger partial charge is 0.573 e. The lowest BCUT2D eigenvalue weighted by molar-refractivity contribution is -0.274. The minimum Gasteiger partial charge on any atom is -0.508 e. The number of ether oxygens (including phenoxy) is 1. The van der Waals surface area contributed by atoms with Crippen LogP contribution in [0.1, 0.15) is 35.4 Å². The van der Waals surface area contributed by atoms with E-state index in [2.05, 4.69) is 15.0 Å². The topological polar surface area (TPSA) is 129 Å². The summed E-state index contributed by atoms with van der Waals surface area (Å²) in [7, 11) is 3.87. The van der Waals surface area contributed by atoms with Crippen molar-refractivity contribution in [3.63, 3.8) is 0 Å². The molecule has 1 heterocycles. The maximum absolute atomic E-state index is 15.2. The smallest absolute Gasteiger partial charge is 0.508 e. The Morgan fingerprint density at radius 3 is 2.03 bits per heavy atom. The fourth-order valence-electron chi connectivity index (χ4n) is 10.0. The highest BCUT2D eigenvalue weighted by atomic mass is 19.4. The number of imide groups is 1. The number of ketones is 2. The van der Waals surface area contributed by atoms with Gasteiger partial charge in [-0.05, 0) is 103 Å². The van der Waals surface area contributed by atoms with Gasteiger partial charge >= 0.3 is 6.36 Å². The summed E-state index contributed by atoms with van der Waals surface area (Å²) in [6, 6.07) is 34.3. The van der Waals surface area contributed by atoms with Gasteiger partial charge in [0.15, 0.2) is 11.6 Å². The van der Waals surface area contributed by atoms with E-state index in [1.807, 2.05) is 43.3 Å². The Bertz CT molecular complexity index is 2700. The Hall–Kier alpha value is -7.15. The molecule has 62 heavy (non-hydrogen) atoms. The van der Waals surface area contributed by atoms with Gasteiger partial charge in [0, 0.05) is 42.8 Å². The number of phenols is 1. The number of carbonyl (C=O) groups is 4. The number of anilines is 2. The third-order valence-electron chi connectivity index (χ3n) is 12.7. The van der Waals surface area contributed by atoms with E-state index < -0.39 is 76.2 Å². The van der Waals surface area contributed by atoms with Crippen LogP contribution in [0.4, 0.5) is 35.9 Å². The van der Waals surface area contributed by atoms with Gasteiger partial charge in [-0.15, -0.1) is 13.2 Å². The second-order valence-corrected chi connectivity index (χ2v) is 16.2. The van der Waals surface area contributed by atoms with Crippen LogP contribution in [0.2, 0.25) is 0 Å². The zero-order valence-electron chi connectivity index (χ0n) is 33.5. The normalized spacial score (nSPS) is 24.6. The van der Waals surface area contributed by atoms with Crippen LogP contribution in [0.15, 0.2) is 155 Å². The van der Waals surface area contributed by atoms with Crippen LogP contribution < -0.4 is 14.5 Å². The summed E-state index contributed by atoms with van der Waals surface area (Å²) in [6.45, 7) is 0. The van der Waals surface area contributed by atoms with E-state index in [9.17, 15) is 27.9 Å². The number of carbonyl (C=O) groups excluding carboxylic acids is 4. The molecule has 0 spiro atoms. The van der Waals surface area contributed by atoms with Crippen LogP contribution in [-0.2, 0) is 24.6 Å². The van der Waals surface area contributed by atoms with Gasteiger partial charge in [-0.25, -0.2) is 0 Å². The maximum atomic E-state index is 15.2. The lowest BCUT2D eigenvalue weighted by atomic mass is 9.44. The first-order valence-corrected chi connectivity index (χ1v) is 20.1. The second kappa shape index (κ2) is 15.4. The van der Waals surface area contributed by atoms with Crippen LogP contribution in [0.3, 0.4) is 0 Å². The predicted octanol–water partition coefficient (Wildman–Crippen LogP) is 9.80. The first-order valence-electron chi connectivity index (χ1n) is 20.1. The number of fused-ring (bicyclic) bond motifs is 4. The van der Waals surface area contributed by atoms with E-state index in [0.29, 0.717) is 33.8 Å². The number of benzene rings is 5. The van der Waals surface area contributed by atoms with Gasteiger partial charge < -0.3 is 14.7 Å². The summed E-state index contributed by atoms with van der Waals surface area (Å²) in [6.07, 6.45) is -1.98. The molecule has 9 rings (SSSR count). The van der Waals surface area contributed by atoms with Crippen LogP contribution in [0.5, 0.6) is 11.5 Å². The van der Waals surface area contributed by atoms with Gasteiger partial charge in [-0.2, -0.15) is 10.2 Å². The van der Waals surface area contributed by atoms with Crippen molar-refractivity contribution in [2.75, 3.05) is 23.9 Å². The van der Waals surface area contributed by atoms with Crippen molar-refractivity contribution in [2.24, 2.45) is 33.9 Å². The highest BCUT2D eigenvalue weighted by Gasteiger charge is 2.66. The molecular formula is C49H39F3N4O6. The first kappa shape index (κ1) is 40.3. The molecular weight excluding hydrogens is 798 g/mol. The Labute approximate surface area is 354 Å². The van der Waals surface area contributed by atoms with Crippen molar-refractivity contribution < 1.29 is 42.2 Å². The molecule has 1 saturated carbocycles. The van der Waals surface area contributed by atoms with Gasteiger partial charge in [-0.3, -0.25) is 24.1 Å². The molecule has 6 atom stereocenters. The van der Waals surface area contributed by atoms with Gasteiger partial charge in [0.05, 0.1) is 34.3 Å². The maximum Gasteiger partial charge on any atom is 0.573 e. The summed E-state index contributed by atoms with van der Waals surface area (Å²) < 4.78 is 45.4. The number of allylic oxidation sites excluding steroid dienone is 4. The molecule has 5 aromatic rings. The third kappa shape index (κ3) is 6.77. The molecule has 1 N–H and O–H groups in total. The number of aromatic hydroxyl groups is 1. The molecule has 10 nitrogen and oxygen atoms in total. The summed E-state index contributed by atoms with van der Waals surface area (Å²) in [5.74, 6) is -7.99. The Morgan fingerprint density at radius 1 is 0.774 bits per heavy atom. The molecule has 0 aromatic heterocycles. The fraction of sp³-hybridized carbons (Fsp3) is 0.224. The van der Waals surface area contributed by atoms with Crippen molar-refractivity contribution in [1.82, 2.24) is 0 Å². The third-order valence-corrected chi connectivity index (χ3v) is 12.7. The molecule has 1 saturated heterocycles. The minimum absolute atomic E-state index is 0.0334.